The lowest BCUT2D eigenvalue weighted by Crippen LogP contribution is -2.44. The highest BCUT2D eigenvalue weighted by Crippen LogP contribution is 2.40. The van der Waals surface area contributed by atoms with E-state index in [2.05, 4.69) is 32.6 Å². The van der Waals surface area contributed by atoms with E-state index < -0.39 is 23.7 Å². The number of nitriles is 1. The van der Waals surface area contributed by atoms with Crippen LogP contribution < -0.4 is 10.6 Å². The maximum absolute atomic E-state index is 12.8. The Hall–Kier alpha value is -3.09. The number of carbonyl (C=O) groups is 3. The number of esters is 1. The summed E-state index contributed by atoms with van der Waals surface area (Å²) in [6.45, 7) is 0. The predicted octanol–water partition coefficient (Wildman–Crippen LogP) is 3.56. The van der Waals surface area contributed by atoms with Gasteiger partial charge in [-0.2, -0.15) is 5.26 Å². The van der Waals surface area contributed by atoms with Gasteiger partial charge in [0.05, 0.1) is 29.5 Å². The molecule has 2 aromatic carbocycles. The summed E-state index contributed by atoms with van der Waals surface area (Å²) in [5.41, 5.74) is 1.46. The average molecular weight is 500 g/mol. The van der Waals surface area contributed by atoms with Crippen LogP contribution in [-0.2, 0) is 19.1 Å². The van der Waals surface area contributed by atoms with Crippen molar-refractivity contribution in [1.82, 2.24) is 5.32 Å². The SMILES string of the molecule is COC(=O)[C@@H]1C(=O)NC(SCC(=O)Nc2ccccc2)=C(C#N)[C@H]1c1cccc(Br)c1. The van der Waals surface area contributed by atoms with Gasteiger partial charge in [-0.25, -0.2) is 0 Å². The van der Waals surface area contributed by atoms with Gasteiger partial charge < -0.3 is 15.4 Å². The number of benzene rings is 2. The minimum Gasteiger partial charge on any atom is -0.468 e. The standard InChI is InChI=1S/C22H18BrN3O4S/c1-30-22(29)19-18(13-6-5-7-14(23)10-13)16(11-24)21(26-20(19)28)31-12-17(27)25-15-8-3-2-4-9-15/h2-10,18-19H,12H2,1H3,(H,25,27)(H,26,28)/t18-,19+/m1/s1. The summed E-state index contributed by atoms with van der Waals surface area (Å²) < 4.78 is 5.56. The zero-order valence-corrected chi connectivity index (χ0v) is 18.8. The number of para-hydroxylation sites is 1. The third-order valence-corrected chi connectivity index (χ3v) is 6.11. The van der Waals surface area contributed by atoms with Gasteiger partial charge in [-0.15, -0.1) is 0 Å². The number of anilines is 1. The molecule has 0 bridgehead atoms. The summed E-state index contributed by atoms with van der Waals surface area (Å²) in [5, 5.41) is 15.5. The lowest BCUT2D eigenvalue weighted by atomic mass is 9.78. The van der Waals surface area contributed by atoms with Crippen molar-refractivity contribution in [1.29, 1.82) is 5.26 Å². The number of hydrogen-bond donors (Lipinski definition) is 2. The number of halogens is 1. The zero-order chi connectivity index (χ0) is 22.4. The Morgan fingerprint density at radius 2 is 1.97 bits per heavy atom. The monoisotopic (exact) mass is 499 g/mol. The maximum Gasteiger partial charge on any atom is 0.319 e. The van der Waals surface area contributed by atoms with Crippen molar-refractivity contribution in [2.24, 2.45) is 5.92 Å². The normalized spacial score (nSPS) is 18.0. The number of ether oxygens (including phenoxy) is 1. The van der Waals surface area contributed by atoms with E-state index >= 15 is 0 Å². The molecule has 2 atom stereocenters. The third-order valence-electron chi connectivity index (χ3n) is 4.60. The minimum absolute atomic E-state index is 0.0240. The van der Waals surface area contributed by atoms with Crippen LogP contribution >= 0.6 is 27.7 Å². The summed E-state index contributed by atoms with van der Waals surface area (Å²) >= 11 is 4.42. The van der Waals surface area contributed by atoms with Crippen LogP contribution in [0.25, 0.3) is 0 Å². The molecule has 0 saturated heterocycles. The number of hydrogen-bond acceptors (Lipinski definition) is 6. The summed E-state index contributed by atoms with van der Waals surface area (Å²) in [6.07, 6.45) is 0. The van der Waals surface area contributed by atoms with E-state index in [1.807, 2.05) is 6.07 Å². The van der Waals surface area contributed by atoms with Crippen LogP contribution in [-0.4, -0.2) is 30.6 Å². The summed E-state index contributed by atoms with van der Waals surface area (Å²) in [7, 11) is 1.20. The molecule has 2 N–H and O–H groups in total. The molecule has 0 aromatic heterocycles. The summed E-state index contributed by atoms with van der Waals surface area (Å²) in [4.78, 5) is 37.5. The number of amides is 2. The molecule has 0 spiro atoms. The predicted molar refractivity (Wildman–Crippen MR) is 121 cm³/mol. The van der Waals surface area contributed by atoms with E-state index in [-0.39, 0.29) is 22.3 Å². The van der Waals surface area contributed by atoms with Gasteiger partial charge in [0.15, 0.2) is 0 Å². The van der Waals surface area contributed by atoms with E-state index in [0.29, 0.717) is 11.3 Å². The second-order valence-corrected chi connectivity index (χ2v) is 8.48. The molecular weight excluding hydrogens is 482 g/mol. The van der Waals surface area contributed by atoms with Crippen LogP contribution in [0.5, 0.6) is 0 Å². The van der Waals surface area contributed by atoms with Gasteiger partial charge in [0.1, 0.15) is 5.92 Å². The smallest absolute Gasteiger partial charge is 0.319 e. The Morgan fingerprint density at radius 3 is 2.61 bits per heavy atom. The number of allylic oxidation sites excluding steroid dienone is 1. The van der Waals surface area contributed by atoms with E-state index in [1.54, 1.807) is 48.5 Å². The molecule has 0 unspecified atom stereocenters. The molecule has 0 saturated carbocycles. The Bertz CT molecular complexity index is 1080. The van der Waals surface area contributed by atoms with Gasteiger partial charge in [0.25, 0.3) is 0 Å². The van der Waals surface area contributed by atoms with E-state index in [4.69, 9.17) is 4.74 Å². The zero-order valence-electron chi connectivity index (χ0n) is 16.4. The molecule has 0 radical (unpaired) electrons. The largest absolute Gasteiger partial charge is 0.468 e. The van der Waals surface area contributed by atoms with Gasteiger partial charge in [-0.1, -0.05) is 58.0 Å². The van der Waals surface area contributed by atoms with Gasteiger partial charge in [-0.05, 0) is 29.8 Å². The number of rotatable bonds is 6. The molecule has 1 heterocycles. The van der Waals surface area contributed by atoms with Gasteiger partial charge in [0, 0.05) is 16.1 Å². The lowest BCUT2D eigenvalue weighted by Gasteiger charge is -2.31. The molecule has 0 fully saturated rings. The first-order valence-corrected chi connectivity index (χ1v) is 11.0. The molecule has 0 aliphatic carbocycles. The topological polar surface area (TPSA) is 108 Å². The second-order valence-electron chi connectivity index (χ2n) is 6.58. The molecule has 9 heteroatoms. The fourth-order valence-electron chi connectivity index (χ4n) is 3.24. The van der Waals surface area contributed by atoms with Crippen molar-refractivity contribution in [2.45, 2.75) is 5.92 Å². The van der Waals surface area contributed by atoms with Crippen LogP contribution in [0.2, 0.25) is 0 Å². The molecule has 1 aliphatic rings. The van der Waals surface area contributed by atoms with E-state index in [0.717, 1.165) is 16.2 Å². The highest BCUT2D eigenvalue weighted by molar-refractivity contribution is 9.10. The van der Waals surface area contributed by atoms with Crippen molar-refractivity contribution < 1.29 is 19.1 Å². The lowest BCUT2D eigenvalue weighted by molar-refractivity contribution is -0.150. The Kier molecular flexibility index (Phi) is 7.50. The average Bonchev–Trinajstić information content (AvgIpc) is 2.77. The highest BCUT2D eigenvalue weighted by Gasteiger charge is 2.44. The maximum atomic E-state index is 12.8. The van der Waals surface area contributed by atoms with Gasteiger partial charge in [-0.3, -0.25) is 14.4 Å². The Labute approximate surface area is 192 Å². The third kappa shape index (κ3) is 5.34. The molecule has 158 valence electrons. The Morgan fingerprint density at radius 1 is 1.23 bits per heavy atom. The first-order valence-electron chi connectivity index (χ1n) is 9.20. The summed E-state index contributed by atoms with van der Waals surface area (Å²) in [5.74, 6) is -3.67. The van der Waals surface area contributed by atoms with E-state index in [1.165, 1.54) is 7.11 Å². The fraction of sp³-hybridized carbons (Fsp3) is 0.182. The molecule has 3 rings (SSSR count). The van der Waals surface area contributed by atoms with Gasteiger partial charge >= 0.3 is 5.97 Å². The number of methoxy groups -OCH3 is 1. The first-order chi connectivity index (χ1) is 14.9. The summed E-state index contributed by atoms with van der Waals surface area (Å²) in [6, 6.07) is 18.1. The van der Waals surface area contributed by atoms with Crippen LogP contribution in [0.1, 0.15) is 11.5 Å². The molecule has 31 heavy (non-hydrogen) atoms. The van der Waals surface area contributed by atoms with Crippen molar-refractivity contribution in [3.8, 4) is 6.07 Å². The van der Waals surface area contributed by atoms with Crippen LogP contribution in [0, 0.1) is 17.2 Å². The number of carbonyl (C=O) groups excluding carboxylic acids is 3. The van der Waals surface area contributed by atoms with Crippen LogP contribution in [0.3, 0.4) is 0 Å². The second kappa shape index (κ2) is 10.3. The minimum atomic E-state index is -1.21. The molecular formula is C22H18BrN3O4S. The fourth-order valence-corrected chi connectivity index (χ4v) is 4.50. The quantitative estimate of drug-likeness (QED) is 0.464. The number of nitrogens with one attached hydrogen (secondary N) is 2. The van der Waals surface area contributed by atoms with Crippen molar-refractivity contribution in [3.63, 3.8) is 0 Å². The van der Waals surface area contributed by atoms with Crippen LogP contribution in [0.4, 0.5) is 5.69 Å². The molecule has 2 aromatic rings. The Balaban J connectivity index is 1.90. The van der Waals surface area contributed by atoms with E-state index in [9.17, 15) is 19.6 Å². The molecule has 2 amide bonds. The number of thioether (sulfide) groups is 1. The van der Waals surface area contributed by atoms with Crippen LogP contribution in [0.15, 0.2) is 69.7 Å². The first kappa shape index (κ1) is 22.6. The van der Waals surface area contributed by atoms with Crippen molar-refractivity contribution in [2.75, 3.05) is 18.2 Å². The highest BCUT2D eigenvalue weighted by atomic mass is 79.9. The van der Waals surface area contributed by atoms with Gasteiger partial charge in [0.2, 0.25) is 11.8 Å². The van der Waals surface area contributed by atoms with Crippen molar-refractivity contribution in [3.05, 3.63) is 75.2 Å². The molecule has 1 aliphatic heterocycles. The number of nitrogens with zero attached hydrogens (tertiary/aromatic N) is 1. The van der Waals surface area contributed by atoms with Crippen molar-refractivity contribution >= 4 is 51.2 Å². The molecule has 7 nitrogen and oxygen atoms in total.